The van der Waals surface area contributed by atoms with Crippen molar-refractivity contribution >= 4 is 33.4 Å². The van der Waals surface area contributed by atoms with Gasteiger partial charge in [0.05, 0.1) is 11.4 Å². The fourth-order valence-corrected chi connectivity index (χ4v) is 2.59. The Hall–Kier alpha value is -1.62. The molecule has 0 aliphatic heterocycles. The average Bonchev–Trinajstić information content (AvgIpc) is 3.23. The van der Waals surface area contributed by atoms with E-state index in [1.54, 1.807) is 0 Å². The monoisotopic (exact) mass is 360 g/mol. The molecule has 1 aliphatic rings. The molecule has 0 unspecified atom stereocenters. The molecular weight excluding hydrogens is 340 g/mol. The Bertz CT molecular complexity index is 675. The van der Waals surface area contributed by atoms with Crippen molar-refractivity contribution in [3.05, 3.63) is 40.5 Å². The van der Waals surface area contributed by atoms with Crippen LogP contribution in [0.3, 0.4) is 0 Å². The Kier molecular flexibility index (Phi) is 4.08. The van der Waals surface area contributed by atoms with Crippen molar-refractivity contribution in [3.8, 4) is 0 Å². The number of hydrogen-bond donors (Lipinski definition) is 2. The molecule has 0 saturated heterocycles. The lowest BCUT2D eigenvalue weighted by atomic mass is 10.1. The molecule has 1 aromatic carbocycles. The van der Waals surface area contributed by atoms with E-state index in [2.05, 4.69) is 63.4 Å². The zero-order valence-electron chi connectivity index (χ0n) is 13.2. The maximum absolute atomic E-state index is 4.67. The molecule has 22 heavy (non-hydrogen) atoms. The number of hydrogen-bond acceptors (Lipinski definition) is 4. The number of halogens is 1. The molecule has 5 heteroatoms. The molecule has 0 spiro atoms. The van der Waals surface area contributed by atoms with E-state index in [9.17, 15) is 0 Å². The minimum atomic E-state index is -0.0627. The topological polar surface area (TPSA) is 49.8 Å². The molecule has 1 heterocycles. The molecule has 0 bridgehead atoms. The van der Waals surface area contributed by atoms with Crippen LogP contribution in [0.25, 0.3) is 0 Å². The normalized spacial score (nSPS) is 14.7. The summed E-state index contributed by atoms with van der Waals surface area (Å²) in [6.07, 6.45) is 2.45. The molecule has 1 fully saturated rings. The second kappa shape index (κ2) is 5.88. The zero-order chi connectivity index (χ0) is 15.7. The van der Waals surface area contributed by atoms with E-state index >= 15 is 0 Å². The fraction of sp³-hybridized carbons (Fsp3) is 0.412. The summed E-state index contributed by atoms with van der Waals surface area (Å²) >= 11 is 3.56. The van der Waals surface area contributed by atoms with Gasteiger partial charge in [0.1, 0.15) is 5.82 Å². The van der Waals surface area contributed by atoms with Crippen molar-refractivity contribution in [1.82, 2.24) is 9.97 Å². The maximum Gasteiger partial charge on any atom is 0.225 e. The first-order valence-corrected chi connectivity index (χ1v) is 8.39. The molecular formula is C17H21BrN4. The van der Waals surface area contributed by atoms with E-state index in [1.165, 1.54) is 12.8 Å². The largest absolute Gasteiger partial charge is 0.350 e. The highest BCUT2D eigenvalue weighted by molar-refractivity contribution is 9.10. The first-order chi connectivity index (χ1) is 10.4. The van der Waals surface area contributed by atoms with Crippen molar-refractivity contribution < 1.29 is 0 Å². The van der Waals surface area contributed by atoms with Gasteiger partial charge < -0.3 is 10.6 Å². The highest BCUT2D eigenvalue weighted by atomic mass is 79.9. The van der Waals surface area contributed by atoms with Crippen LogP contribution in [0, 0.1) is 0 Å². The Morgan fingerprint density at radius 2 is 1.86 bits per heavy atom. The van der Waals surface area contributed by atoms with Gasteiger partial charge in [0.15, 0.2) is 0 Å². The van der Waals surface area contributed by atoms with Gasteiger partial charge in [-0.15, -0.1) is 0 Å². The fourth-order valence-electron chi connectivity index (χ4n) is 2.21. The van der Waals surface area contributed by atoms with Crippen LogP contribution in [0.2, 0.25) is 0 Å². The predicted molar refractivity (Wildman–Crippen MR) is 94.8 cm³/mol. The summed E-state index contributed by atoms with van der Waals surface area (Å²) in [5, 5.41) is 6.75. The second-order valence-corrected chi connectivity index (χ2v) is 7.61. The van der Waals surface area contributed by atoms with E-state index in [0.717, 1.165) is 21.7 Å². The SMILES string of the molecule is CC(C)(C)Nc1nc(Nc2ccccc2Br)cc(C2CC2)n1. The standard InChI is InChI=1S/C17H21BrN4/c1-17(2,3)22-16-20-14(11-8-9-11)10-15(21-16)19-13-7-5-4-6-12(13)18/h4-7,10-11H,8-9H2,1-3H3,(H2,19,20,21,22). The van der Waals surface area contributed by atoms with Gasteiger partial charge in [-0.05, 0) is 61.7 Å². The average molecular weight is 361 g/mol. The summed E-state index contributed by atoms with van der Waals surface area (Å²) < 4.78 is 1.02. The van der Waals surface area contributed by atoms with Crippen LogP contribution < -0.4 is 10.6 Å². The van der Waals surface area contributed by atoms with Crippen LogP contribution in [0.1, 0.15) is 45.2 Å². The molecule has 2 N–H and O–H groups in total. The van der Waals surface area contributed by atoms with Crippen LogP contribution in [0.15, 0.2) is 34.8 Å². The molecule has 0 amide bonds. The summed E-state index contributed by atoms with van der Waals surface area (Å²) in [4.78, 5) is 9.28. The number of aromatic nitrogens is 2. The highest BCUT2D eigenvalue weighted by Crippen LogP contribution is 2.40. The van der Waals surface area contributed by atoms with Crippen LogP contribution in [-0.2, 0) is 0 Å². The summed E-state index contributed by atoms with van der Waals surface area (Å²) in [6.45, 7) is 6.34. The van der Waals surface area contributed by atoms with Gasteiger partial charge in [-0.25, -0.2) is 4.98 Å². The van der Waals surface area contributed by atoms with Crippen LogP contribution >= 0.6 is 15.9 Å². The van der Waals surface area contributed by atoms with Gasteiger partial charge in [-0.1, -0.05) is 12.1 Å². The van der Waals surface area contributed by atoms with Crippen molar-refractivity contribution in [2.45, 2.75) is 45.1 Å². The summed E-state index contributed by atoms with van der Waals surface area (Å²) in [7, 11) is 0. The molecule has 1 aromatic heterocycles. The summed E-state index contributed by atoms with van der Waals surface area (Å²) in [6, 6.07) is 10.1. The Balaban J connectivity index is 1.91. The van der Waals surface area contributed by atoms with E-state index in [4.69, 9.17) is 0 Å². The number of para-hydroxylation sites is 1. The van der Waals surface area contributed by atoms with Crippen molar-refractivity contribution in [2.75, 3.05) is 10.6 Å². The smallest absolute Gasteiger partial charge is 0.225 e. The zero-order valence-corrected chi connectivity index (χ0v) is 14.7. The third kappa shape index (κ3) is 3.97. The number of benzene rings is 1. The Morgan fingerprint density at radius 1 is 1.14 bits per heavy atom. The van der Waals surface area contributed by atoms with E-state index < -0.39 is 0 Å². The van der Waals surface area contributed by atoms with Crippen molar-refractivity contribution in [3.63, 3.8) is 0 Å². The number of nitrogens with one attached hydrogen (secondary N) is 2. The molecule has 4 nitrogen and oxygen atoms in total. The van der Waals surface area contributed by atoms with Gasteiger partial charge in [-0.3, -0.25) is 0 Å². The molecule has 1 aliphatic carbocycles. The second-order valence-electron chi connectivity index (χ2n) is 6.76. The molecule has 2 aromatic rings. The van der Waals surface area contributed by atoms with Gasteiger partial charge in [0, 0.05) is 22.0 Å². The van der Waals surface area contributed by atoms with Crippen LogP contribution in [0.4, 0.5) is 17.5 Å². The molecule has 1 saturated carbocycles. The third-order valence-corrected chi connectivity index (χ3v) is 4.06. The molecule has 116 valence electrons. The first kappa shape index (κ1) is 15.3. The van der Waals surface area contributed by atoms with Gasteiger partial charge in [-0.2, -0.15) is 4.98 Å². The summed E-state index contributed by atoms with van der Waals surface area (Å²) in [5.41, 5.74) is 2.06. The predicted octanol–water partition coefficient (Wildman–Crippen LogP) is 5.07. The van der Waals surface area contributed by atoms with Crippen LogP contribution in [0.5, 0.6) is 0 Å². The summed E-state index contributed by atoms with van der Waals surface area (Å²) in [5.74, 6) is 2.10. The lowest BCUT2D eigenvalue weighted by molar-refractivity contribution is 0.625. The van der Waals surface area contributed by atoms with E-state index in [0.29, 0.717) is 11.9 Å². The number of rotatable bonds is 4. The highest BCUT2D eigenvalue weighted by Gasteiger charge is 2.26. The Morgan fingerprint density at radius 3 is 2.50 bits per heavy atom. The van der Waals surface area contributed by atoms with Gasteiger partial charge in [0.2, 0.25) is 5.95 Å². The minimum absolute atomic E-state index is 0.0627. The molecule has 0 atom stereocenters. The Labute approximate surface area is 139 Å². The minimum Gasteiger partial charge on any atom is -0.350 e. The lowest BCUT2D eigenvalue weighted by Crippen LogP contribution is -2.27. The maximum atomic E-state index is 4.67. The van der Waals surface area contributed by atoms with Gasteiger partial charge in [0.25, 0.3) is 0 Å². The van der Waals surface area contributed by atoms with E-state index in [1.807, 2.05) is 24.3 Å². The molecule has 3 rings (SSSR count). The van der Waals surface area contributed by atoms with Crippen molar-refractivity contribution in [2.24, 2.45) is 0 Å². The quantitative estimate of drug-likeness (QED) is 0.798. The third-order valence-electron chi connectivity index (χ3n) is 3.36. The first-order valence-electron chi connectivity index (χ1n) is 7.59. The van der Waals surface area contributed by atoms with E-state index in [-0.39, 0.29) is 5.54 Å². The van der Waals surface area contributed by atoms with Gasteiger partial charge >= 0.3 is 0 Å². The number of anilines is 3. The van der Waals surface area contributed by atoms with Crippen molar-refractivity contribution in [1.29, 1.82) is 0 Å². The van der Waals surface area contributed by atoms with Crippen LogP contribution in [-0.4, -0.2) is 15.5 Å². The molecule has 0 radical (unpaired) electrons. The number of nitrogens with zero attached hydrogens (tertiary/aromatic N) is 2. The lowest BCUT2D eigenvalue weighted by Gasteiger charge is -2.21.